The largest absolute Gasteiger partial charge is 0.480 e. The van der Waals surface area contributed by atoms with Crippen molar-refractivity contribution in [3.63, 3.8) is 0 Å². The number of nitrogens with zero attached hydrogens (tertiary/aromatic N) is 1. The number of hydrogen-bond acceptors (Lipinski definition) is 7. The second kappa shape index (κ2) is 14.5. The smallest absolute Gasteiger partial charge is 0.325 e. The summed E-state index contributed by atoms with van der Waals surface area (Å²) in [5, 5.41) is 16.1. The Morgan fingerprint density at radius 3 is 2.31 bits per heavy atom. The first-order valence-electron chi connectivity index (χ1n) is 8.98. The van der Waals surface area contributed by atoms with E-state index in [2.05, 4.69) is 20.9 Å². The summed E-state index contributed by atoms with van der Waals surface area (Å²) in [6.45, 7) is 1.30. The van der Waals surface area contributed by atoms with Gasteiger partial charge in [-0.3, -0.25) is 24.2 Å². The van der Waals surface area contributed by atoms with Crippen LogP contribution >= 0.6 is 11.8 Å². The highest BCUT2D eigenvalue weighted by molar-refractivity contribution is 7.98. The number of nitrogens with two attached hydrogens (primary N) is 3. The summed E-state index contributed by atoms with van der Waals surface area (Å²) in [5.74, 6) is -2.37. The van der Waals surface area contributed by atoms with Crippen molar-refractivity contribution in [2.75, 3.05) is 25.1 Å². The van der Waals surface area contributed by atoms with Crippen LogP contribution in [0.15, 0.2) is 4.99 Å². The highest BCUT2D eigenvalue weighted by Gasteiger charge is 2.24. The van der Waals surface area contributed by atoms with Crippen molar-refractivity contribution in [2.24, 2.45) is 22.2 Å². The SMILES string of the molecule is CSCCC(NC(=O)CNC(=O)C(N)CCCN=C(N)N)C(=O)NC(C)C(=O)O. The number of carbonyl (C=O) groups excluding carboxylic acids is 3. The third-order valence-corrected chi connectivity index (χ3v) is 4.36. The molecule has 13 heteroatoms. The second-order valence-electron chi connectivity index (χ2n) is 6.24. The van der Waals surface area contributed by atoms with Crippen LogP contribution in [0, 0.1) is 0 Å². The Hall–Kier alpha value is -2.54. The Morgan fingerprint density at radius 1 is 1.10 bits per heavy atom. The molecule has 29 heavy (non-hydrogen) atoms. The summed E-state index contributed by atoms with van der Waals surface area (Å²) in [6, 6.07) is -2.83. The maximum atomic E-state index is 12.2. The molecule has 0 spiro atoms. The zero-order valence-corrected chi connectivity index (χ0v) is 17.5. The van der Waals surface area contributed by atoms with Crippen molar-refractivity contribution in [1.82, 2.24) is 16.0 Å². The molecular formula is C16H31N7O5S. The highest BCUT2D eigenvalue weighted by Crippen LogP contribution is 2.02. The molecule has 0 bridgehead atoms. The molecule has 0 fully saturated rings. The minimum absolute atomic E-state index is 0.0440. The van der Waals surface area contributed by atoms with Gasteiger partial charge in [-0.1, -0.05) is 0 Å². The molecule has 0 aromatic heterocycles. The average Bonchev–Trinajstić information content (AvgIpc) is 2.65. The standard InChI is InChI=1S/C16H31N7O5S/c1-9(15(27)28)22-14(26)11(5-7-29-2)23-12(24)8-21-13(25)10(17)4-3-6-20-16(18)19/h9-11H,3-8,17H2,1-2H3,(H,21,25)(H,22,26)(H,23,24)(H,27,28)(H4,18,19,20). The topological polar surface area (TPSA) is 215 Å². The molecule has 0 saturated heterocycles. The van der Waals surface area contributed by atoms with E-state index >= 15 is 0 Å². The molecule has 12 nitrogen and oxygen atoms in total. The number of aliphatic imine (C=N–C) groups is 1. The van der Waals surface area contributed by atoms with Gasteiger partial charge in [-0.15, -0.1) is 0 Å². The van der Waals surface area contributed by atoms with Crippen molar-refractivity contribution in [1.29, 1.82) is 0 Å². The fraction of sp³-hybridized carbons (Fsp3) is 0.688. The average molecular weight is 434 g/mol. The summed E-state index contributed by atoms with van der Waals surface area (Å²) < 4.78 is 0. The first-order chi connectivity index (χ1) is 13.6. The molecule has 166 valence electrons. The Bertz CT molecular complexity index is 598. The second-order valence-corrected chi connectivity index (χ2v) is 7.23. The van der Waals surface area contributed by atoms with Crippen molar-refractivity contribution < 1.29 is 24.3 Å². The number of hydrogen-bond donors (Lipinski definition) is 7. The molecule has 0 aromatic rings. The zero-order valence-electron chi connectivity index (χ0n) is 16.6. The van der Waals surface area contributed by atoms with E-state index in [0.717, 1.165) is 0 Å². The zero-order chi connectivity index (χ0) is 22.4. The van der Waals surface area contributed by atoms with Crippen LogP contribution in [-0.2, 0) is 19.2 Å². The molecule has 3 amide bonds. The summed E-state index contributed by atoms with van der Waals surface area (Å²) in [4.78, 5) is 50.9. The van der Waals surface area contributed by atoms with E-state index in [1.54, 1.807) is 0 Å². The molecule has 0 saturated carbocycles. The number of guanidine groups is 1. The van der Waals surface area contributed by atoms with Crippen LogP contribution < -0.4 is 33.2 Å². The van der Waals surface area contributed by atoms with Gasteiger partial charge in [0.2, 0.25) is 17.7 Å². The number of carboxylic acid groups (broad SMARTS) is 1. The fourth-order valence-corrected chi connectivity index (χ4v) is 2.55. The van der Waals surface area contributed by atoms with Crippen molar-refractivity contribution in [2.45, 2.75) is 44.3 Å². The van der Waals surface area contributed by atoms with E-state index in [4.69, 9.17) is 22.3 Å². The summed E-state index contributed by atoms with van der Waals surface area (Å²) >= 11 is 1.47. The Labute approximate surface area is 173 Å². The maximum Gasteiger partial charge on any atom is 0.325 e. The van der Waals surface area contributed by atoms with Crippen molar-refractivity contribution in [3.05, 3.63) is 0 Å². The molecule has 3 unspecified atom stereocenters. The van der Waals surface area contributed by atoms with Crippen LogP contribution in [0.4, 0.5) is 0 Å². The molecule has 3 atom stereocenters. The van der Waals surface area contributed by atoms with E-state index in [9.17, 15) is 19.2 Å². The van der Waals surface area contributed by atoms with E-state index in [0.29, 0.717) is 31.6 Å². The number of rotatable bonds is 14. The summed E-state index contributed by atoms with van der Waals surface area (Å²) in [7, 11) is 0. The van der Waals surface area contributed by atoms with Gasteiger partial charge in [0, 0.05) is 6.54 Å². The van der Waals surface area contributed by atoms with E-state index in [1.165, 1.54) is 18.7 Å². The van der Waals surface area contributed by atoms with Gasteiger partial charge in [0.15, 0.2) is 5.96 Å². The lowest BCUT2D eigenvalue weighted by atomic mass is 10.1. The predicted molar refractivity (Wildman–Crippen MR) is 111 cm³/mol. The van der Waals surface area contributed by atoms with Crippen LogP contribution in [0.25, 0.3) is 0 Å². The molecule has 0 aliphatic rings. The molecule has 0 aliphatic carbocycles. The Balaban J connectivity index is 4.51. The van der Waals surface area contributed by atoms with Gasteiger partial charge in [-0.05, 0) is 38.2 Å². The molecule has 10 N–H and O–H groups in total. The predicted octanol–water partition coefficient (Wildman–Crippen LogP) is -2.69. The van der Waals surface area contributed by atoms with Gasteiger partial charge < -0.3 is 38.3 Å². The van der Waals surface area contributed by atoms with E-state index in [1.807, 2.05) is 6.26 Å². The Morgan fingerprint density at radius 2 is 1.76 bits per heavy atom. The lowest BCUT2D eigenvalue weighted by molar-refractivity contribution is -0.141. The normalized spacial score (nSPS) is 13.5. The summed E-state index contributed by atoms with van der Waals surface area (Å²) in [5.41, 5.74) is 16.1. The maximum absolute atomic E-state index is 12.2. The Kier molecular flexibility index (Phi) is 13.2. The van der Waals surface area contributed by atoms with Crippen LogP contribution in [0.1, 0.15) is 26.2 Å². The van der Waals surface area contributed by atoms with E-state index in [-0.39, 0.29) is 12.5 Å². The number of nitrogens with one attached hydrogen (secondary N) is 3. The fourth-order valence-electron chi connectivity index (χ4n) is 2.07. The first kappa shape index (κ1) is 26.5. The third kappa shape index (κ3) is 12.5. The van der Waals surface area contributed by atoms with Crippen LogP contribution in [-0.4, -0.2) is 78.0 Å². The minimum Gasteiger partial charge on any atom is -0.480 e. The molecular weight excluding hydrogens is 402 g/mol. The van der Waals surface area contributed by atoms with Gasteiger partial charge in [0.1, 0.15) is 12.1 Å². The molecule has 0 rings (SSSR count). The molecule has 0 aliphatic heterocycles. The van der Waals surface area contributed by atoms with Crippen LogP contribution in [0.3, 0.4) is 0 Å². The summed E-state index contributed by atoms with van der Waals surface area (Å²) in [6.07, 6.45) is 2.97. The molecule has 0 aromatic carbocycles. The van der Waals surface area contributed by atoms with Gasteiger partial charge in [0.05, 0.1) is 12.6 Å². The number of amides is 3. The van der Waals surface area contributed by atoms with E-state index < -0.39 is 41.8 Å². The van der Waals surface area contributed by atoms with Gasteiger partial charge in [-0.25, -0.2) is 0 Å². The lowest BCUT2D eigenvalue weighted by Crippen LogP contribution is -2.53. The number of aliphatic carboxylic acids is 1. The number of carbonyl (C=O) groups is 4. The third-order valence-electron chi connectivity index (χ3n) is 3.72. The molecule has 0 radical (unpaired) electrons. The van der Waals surface area contributed by atoms with Crippen LogP contribution in [0.2, 0.25) is 0 Å². The highest BCUT2D eigenvalue weighted by atomic mass is 32.2. The minimum atomic E-state index is -1.19. The molecule has 0 heterocycles. The van der Waals surface area contributed by atoms with Gasteiger partial charge in [0.25, 0.3) is 0 Å². The monoisotopic (exact) mass is 433 g/mol. The first-order valence-corrected chi connectivity index (χ1v) is 10.4. The number of carboxylic acids is 1. The van der Waals surface area contributed by atoms with Crippen LogP contribution in [0.5, 0.6) is 0 Å². The lowest BCUT2D eigenvalue weighted by Gasteiger charge is -2.20. The quantitative estimate of drug-likeness (QED) is 0.0861. The van der Waals surface area contributed by atoms with Crippen molar-refractivity contribution >= 4 is 41.4 Å². The van der Waals surface area contributed by atoms with Gasteiger partial charge in [-0.2, -0.15) is 11.8 Å². The van der Waals surface area contributed by atoms with Crippen molar-refractivity contribution in [3.8, 4) is 0 Å². The van der Waals surface area contributed by atoms with Gasteiger partial charge >= 0.3 is 5.97 Å². The number of thioether (sulfide) groups is 1.